The molecule has 0 aromatic heterocycles. The molecule has 1 N–H and O–H groups in total. The first-order valence-electron chi connectivity index (χ1n) is 8.40. The molecule has 1 aromatic carbocycles. The highest BCUT2D eigenvalue weighted by molar-refractivity contribution is 5.40. The van der Waals surface area contributed by atoms with Crippen molar-refractivity contribution in [1.82, 2.24) is 5.32 Å². The molecule has 0 amide bonds. The second-order valence-corrected chi connectivity index (χ2v) is 6.35. The predicted octanol–water partition coefficient (Wildman–Crippen LogP) is 3.48. The van der Waals surface area contributed by atoms with Crippen LogP contribution in [0.25, 0.3) is 0 Å². The Balaban J connectivity index is 1.84. The van der Waals surface area contributed by atoms with Crippen molar-refractivity contribution in [3.8, 4) is 5.75 Å². The Morgan fingerprint density at radius 3 is 3.00 bits per heavy atom. The minimum absolute atomic E-state index is 0.291. The number of benzene rings is 1. The van der Waals surface area contributed by atoms with Gasteiger partial charge in [0.1, 0.15) is 5.75 Å². The molecule has 3 nitrogen and oxygen atoms in total. The van der Waals surface area contributed by atoms with Crippen molar-refractivity contribution in [2.75, 3.05) is 19.8 Å². The number of fused-ring (bicyclic) bond motifs is 1. The van der Waals surface area contributed by atoms with Crippen LogP contribution in [-0.2, 0) is 11.2 Å². The number of hydrogen-bond donors (Lipinski definition) is 1. The molecule has 3 unspecified atom stereocenters. The van der Waals surface area contributed by atoms with Gasteiger partial charge in [0.2, 0.25) is 0 Å². The van der Waals surface area contributed by atoms with Gasteiger partial charge in [-0.2, -0.15) is 0 Å². The average molecular weight is 289 g/mol. The summed E-state index contributed by atoms with van der Waals surface area (Å²) in [6, 6.07) is 6.99. The van der Waals surface area contributed by atoms with Crippen molar-refractivity contribution in [3.63, 3.8) is 0 Å². The summed E-state index contributed by atoms with van der Waals surface area (Å²) in [5.41, 5.74) is 2.71. The monoisotopic (exact) mass is 289 g/mol. The summed E-state index contributed by atoms with van der Waals surface area (Å²) in [5.74, 6) is 1.69. The maximum atomic E-state index is 6.03. The van der Waals surface area contributed by atoms with Gasteiger partial charge >= 0.3 is 0 Å². The summed E-state index contributed by atoms with van der Waals surface area (Å²) in [6.45, 7) is 7.30. The van der Waals surface area contributed by atoms with Gasteiger partial charge in [-0.3, -0.25) is 0 Å². The molecule has 2 aliphatic heterocycles. The average Bonchev–Trinajstić information content (AvgIpc) is 2.94. The van der Waals surface area contributed by atoms with Gasteiger partial charge in [0.15, 0.2) is 0 Å². The zero-order chi connectivity index (χ0) is 14.7. The summed E-state index contributed by atoms with van der Waals surface area (Å²) in [7, 11) is 0. The molecule has 3 atom stereocenters. The van der Waals surface area contributed by atoms with E-state index in [4.69, 9.17) is 9.47 Å². The van der Waals surface area contributed by atoms with Crippen LogP contribution < -0.4 is 10.1 Å². The van der Waals surface area contributed by atoms with Crippen LogP contribution in [0.15, 0.2) is 18.2 Å². The minimum atomic E-state index is 0.291. The standard InChI is InChI=1S/C18H27NO2/c1-3-9-19-17(18-13(2)8-11-21-18)15-6-7-16-14(12-15)5-4-10-20-16/h6-7,12-13,17-19H,3-5,8-11H2,1-2H3. The van der Waals surface area contributed by atoms with Gasteiger partial charge in [-0.05, 0) is 55.3 Å². The molecule has 2 aliphatic rings. The minimum Gasteiger partial charge on any atom is -0.493 e. The molecule has 1 saturated heterocycles. The van der Waals surface area contributed by atoms with E-state index >= 15 is 0 Å². The van der Waals surface area contributed by atoms with E-state index < -0.39 is 0 Å². The highest BCUT2D eigenvalue weighted by Gasteiger charge is 2.33. The molecule has 0 aliphatic carbocycles. The van der Waals surface area contributed by atoms with Crippen LogP contribution >= 0.6 is 0 Å². The van der Waals surface area contributed by atoms with Gasteiger partial charge in [-0.1, -0.05) is 26.0 Å². The van der Waals surface area contributed by atoms with Crippen LogP contribution in [0, 0.1) is 5.92 Å². The van der Waals surface area contributed by atoms with Crippen LogP contribution in [0.1, 0.15) is 50.3 Å². The Labute approximate surface area is 128 Å². The van der Waals surface area contributed by atoms with E-state index in [1.165, 1.54) is 17.5 Å². The molecule has 0 bridgehead atoms. The first-order valence-corrected chi connectivity index (χ1v) is 8.40. The zero-order valence-corrected chi connectivity index (χ0v) is 13.2. The number of hydrogen-bond acceptors (Lipinski definition) is 3. The highest BCUT2D eigenvalue weighted by Crippen LogP contribution is 2.34. The van der Waals surface area contributed by atoms with Crippen LogP contribution in [0.3, 0.4) is 0 Å². The lowest BCUT2D eigenvalue weighted by Crippen LogP contribution is -2.35. The third kappa shape index (κ3) is 3.24. The predicted molar refractivity (Wildman–Crippen MR) is 84.8 cm³/mol. The summed E-state index contributed by atoms with van der Waals surface area (Å²) < 4.78 is 11.8. The Hall–Kier alpha value is -1.06. The van der Waals surface area contributed by atoms with E-state index in [1.807, 2.05) is 0 Å². The third-order valence-electron chi connectivity index (χ3n) is 4.68. The van der Waals surface area contributed by atoms with Gasteiger partial charge in [0.05, 0.1) is 18.8 Å². The zero-order valence-electron chi connectivity index (χ0n) is 13.2. The van der Waals surface area contributed by atoms with E-state index in [0.29, 0.717) is 18.1 Å². The molecule has 0 spiro atoms. The second-order valence-electron chi connectivity index (χ2n) is 6.35. The van der Waals surface area contributed by atoms with Gasteiger partial charge in [-0.25, -0.2) is 0 Å². The van der Waals surface area contributed by atoms with E-state index in [2.05, 4.69) is 37.4 Å². The maximum Gasteiger partial charge on any atom is 0.122 e. The van der Waals surface area contributed by atoms with Gasteiger partial charge in [-0.15, -0.1) is 0 Å². The Morgan fingerprint density at radius 2 is 2.24 bits per heavy atom. The van der Waals surface area contributed by atoms with Crippen molar-refractivity contribution in [2.45, 2.75) is 51.7 Å². The Kier molecular flexibility index (Phi) is 4.81. The normalized spacial score (nSPS) is 26.2. The van der Waals surface area contributed by atoms with E-state index in [0.717, 1.165) is 44.8 Å². The Bertz CT molecular complexity index is 474. The lowest BCUT2D eigenvalue weighted by molar-refractivity contribution is 0.0606. The summed E-state index contributed by atoms with van der Waals surface area (Å²) in [5, 5.41) is 3.70. The van der Waals surface area contributed by atoms with Crippen LogP contribution in [-0.4, -0.2) is 25.9 Å². The smallest absolute Gasteiger partial charge is 0.122 e. The van der Waals surface area contributed by atoms with Crippen molar-refractivity contribution >= 4 is 0 Å². The lowest BCUT2D eigenvalue weighted by atomic mass is 9.90. The van der Waals surface area contributed by atoms with Crippen LogP contribution in [0.2, 0.25) is 0 Å². The number of ether oxygens (including phenoxy) is 2. The third-order valence-corrected chi connectivity index (χ3v) is 4.68. The van der Waals surface area contributed by atoms with Crippen molar-refractivity contribution in [3.05, 3.63) is 29.3 Å². The number of nitrogens with one attached hydrogen (secondary N) is 1. The molecule has 21 heavy (non-hydrogen) atoms. The molecular weight excluding hydrogens is 262 g/mol. The molecule has 0 radical (unpaired) electrons. The van der Waals surface area contributed by atoms with E-state index in [1.54, 1.807) is 0 Å². The highest BCUT2D eigenvalue weighted by atomic mass is 16.5. The number of rotatable bonds is 5. The molecule has 3 heteroatoms. The molecule has 0 saturated carbocycles. The molecule has 116 valence electrons. The fourth-order valence-electron chi connectivity index (χ4n) is 3.44. The Morgan fingerprint density at radius 1 is 1.33 bits per heavy atom. The second kappa shape index (κ2) is 6.80. The molecule has 1 fully saturated rings. The summed E-state index contributed by atoms with van der Waals surface area (Å²) >= 11 is 0. The molecule has 2 heterocycles. The van der Waals surface area contributed by atoms with Gasteiger partial charge in [0, 0.05) is 6.61 Å². The van der Waals surface area contributed by atoms with Crippen molar-refractivity contribution in [2.24, 2.45) is 5.92 Å². The molecule has 3 rings (SSSR count). The van der Waals surface area contributed by atoms with Crippen LogP contribution in [0.4, 0.5) is 0 Å². The molecule has 1 aromatic rings. The SMILES string of the molecule is CCCNC(c1ccc2c(c1)CCCO2)C1OCCC1C. The van der Waals surface area contributed by atoms with Gasteiger partial charge < -0.3 is 14.8 Å². The first-order chi connectivity index (χ1) is 10.3. The fraction of sp³-hybridized carbons (Fsp3) is 0.667. The summed E-state index contributed by atoms with van der Waals surface area (Å²) in [6.07, 6.45) is 4.86. The largest absolute Gasteiger partial charge is 0.493 e. The lowest BCUT2D eigenvalue weighted by Gasteiger charge is -2.29. The maximum absolute atomic E-state index is 6.03. The fourth-order valence-corrected chi connectivity index (χ4v) is 3.44. The van der Waals surface area contributed by atoms with Crippen molar-refractivity contribution < 1.29 is 9.47 Å². The van der Waals surface area contributed by atoms with E-state index in [9.17, 15) is 0 Å². The first kappa shape index (κ1) is 14.9. The van der Waals surface area contributed by atoms with Crippen molar-refractivity contribution in [1.29, 1.82) is 0 Å². The summed E-state index contributed by atoms with van der Waals surface area (Å²) in [4.78, 5) is 0. The molecular formula is C18H27NO2. The quantitative estimate of drug-likeness (QED) is 0.900. The van der Waals surface area contributed by atoms with Gasteiger partial charge in [0.25, 0.3) is 0 Å². The van der Waals surface area contributed by atoms with Crippen LogP contribution in [0.5, 0.6) is 5.75 Å². The topological polar surface area (TPSA) is 30.5 Å². The number of aryl methyl sites for hydroxylation is 1. The van der Waals surface area contributed by atoms with E-state index in [-0.39, 0.29) is 0 Å².